The molecular formula is C57H76N4O22S4. The van der Waals surface area contributed by atoms with Crippen molar-refractivity contribution >= 4 is 72.6 Å². The van der Waals surface area contributed by atoms with Crippen LogP contribution in [0.5, 0.6) is 11.5 Å². The average Bonchev–Trinajstić information content (AvgIpc) is 0.873. The Kier molecular flexibility index (Phi) is 26.0. The van der Waals surface area contributed by atoms with Crippen molar-refractivity contribution < 1.29 is 106 Å². The largest absolute Gasteiger partial charge is 0.493 e. The van der Waals surface area contributed by atoms with Crippen LogP contribution in [-0.2, 0) is 66.5 Å². The van der Waals surface area contributed by atoms with Gasteiger partial charge < -0.3 is 92.6 Å². The number of esters is 1. The van der Waals surface area contributed by atoms with Gasteiger partial charge in [0.1, 0.15) is 18.3 Å². The number of ether oxygens (including phenoxy) is 13. The number of benzene rings is 1. The zero-order valence-electron chi connectivity index (χ0n) is 49.8. The number of likely N-dealkylation sites (N-methyl/N-ethyl adjacent to an activating group) is 1. The molecule has 3 unspecified atom stereocenters. The summed E-state index contributed by atoms with van der Waals surface area (Å²) in [6.45, 7) is 8.65. The lowest BCUT2D eigenvalue weighted by atomic mass is 9.73. The van der Waals surface area contributed by atoms with Gasteiger partial charge >= 0.3 is 12.1 Å². The van der Waals surface area contributed by atoms with Crippen LogP contribution >= 0.6 is 43.2 Å². The molecule has 2 aliphatic carbocycles. The highest BCUT2D eigenvalue weighted by atomic mass is 33.5. The van der Waals surface area contributed by atoms with Crippen LogP contribution < -0.4 is 30.9 Å². The highest BCUT2D eigenvalue weighted by Gasteiger charge is 2.57. The molecular weight excluding hydrogens is 1220 g/mol. The molecule has 8 N–H and O–H groups in total. The maximum absolute atomic E-state index is 15.5. The summed E-state index contributed by atoms with van der Waals surface area (Å²) in [4.78, 5) is 61.9. The van der Waals surface area contributed by atoms with Crippen LogP contribution in [0.15, 0.2) is 59.5 Å². The third-order valence-electron chi connectivity index (χ3n) is 15.0. The van der Waals surface area contributed by atoms with Crippen LogP contribution in [0.3, 0.4) is 0 Å². The van der Waals surface area contributed by atoms with E-state index in [1.807, 2.05) is 19.4 Å². The molecule has 480 valence electrons. The Balaban J connectivity index is 1.23. The fourth-order valence-corrected chi connectivity index (χ4v) is 13.8. The Morgan fingerprint density at radius 1 is 0.851 bits per heavy atom. The number of ketones is 1. The number of alkyl carbamates (subject to hydrolysis) is 1. The molecule has 4 fully saturated rings. The van der Waals surface area contributed by atoms with Crippen LogP contribution in [0.4, 0.5) is 10.5 Å². The number of carbonyl (C=O) groups is 4. The number of aliphatic hydroxyl groups excluding tert-OH is 3. The molecule has 0 aromatic heterocycles. The number of allylic oxidation sites excluding steroid dienone is 2. The number of aliphatic hydroxyl groups is 4. The first-order chi connectivity index (χ1) is 41.7. The maximum Gasteiger partial charge on any atom is 0.411 e. The molecule has 4 saturated heterocycles. The predicted octanol–water partition coefficient (Wildman–Crippen LogP) is 2.64. The number of amides is 2. The number of hydrogen-bond acceptors (Lipinski definition) is 28. The number of hydrogen-bond donors (Lipinski definition) is 8. The number of thioether (sulfide) groups is 1. The minimum Gasteiger partial charge on any atom is -0.493 e. The Labute approximate surface area is 520 Å². The standard InChI is InChI=1S/C57H76N4O22S4/c1-27-45(61-83-43-24-36(63)51(84-11)29(3)77-43)47(64)50(80-41-25-38(71-7)34(58-5)26-75-41)55(78-27)79-37-17-15-13-14-16-19-57(69)32(18-20-86-87-85-12)44(37)46(60-56(68)74-10)48(65)52(57)81-42-23-35(62)49(28(2)76-42)82-54(67)31-21-39(72-8)40(73-9)22-33(31)59-53(66)30(4)70-6/h13-14,18,21-22,27-29,34-38,41-43,45,47,49-52,55,58,61-64,69H,4,20,23-26H2,1-3,5-12H3,(H,59,66)(H,60,68)/b14-13-,32-18?/t27-,28-,29-,34-,35-,36+,37?,38-,41-,42-,43+,45-,47+,49+,50-,51-,52?,55+,57?/m0/s1. The minimum atomic E-state index is -2.63. The summed E-state index contributed by atoms with van der Waals surface area (Å²) in [6.07, 6.45) is -11.6. The van der Waals surface area contributed by atoms with E-state index in [-0.39, 0.29) is 82.3 Å². The van der Waals surface area contributed by atoms with Gasteiger partial charge in [0.05, 0.1) is 106 Å². The zero-order valence-corrected chi connectivity index (χ0v) is 53.1. The van der Waals surface area contributed by atoms with Gasteiger partial charge in [0.25, 0.3) is 5.91 Å². The van der Waals surface area contributed by atoms with Crippen LogP contribution in [0.25, 0.3) is 0 Å². The molecule has 0 radical (unpaired) electrons. The van der Waals surface area contributed by atoms with E-state index in [0.717, 1.165) is 7.11 Å². The van der Waals surface area contributed by atoms with E-state index in [2.05, 4.69) is 51.7 Å². The van der Waals surface area contributed by atoms with Crippen LogP contribution in [0, 0.1) is 23.7 Å². The zero-order chi connectivity index (χ0) is 63.3. The molecule has 4 heterocycles. The molecule has 1 aromatic carbocycles. The lowest BCUT2D eigenvalue weighted by molar-refractivity contribution is -0.336. The van der Waals surface area contributed by atoms with Gasteiger partial charge in [-0.15, -0.1) is 0 Å². The SMILES string of the molecule is C=C(OC)C(=O)Nc1cc(OC)c(OC)cc1C(=O)O[C@@H]1[C@H](C)O[C@@H](OC2C(=O)C(NC(=O)OC)=C3C(=CCSSSC)C2(O)C#C/C=C\C#CC3O[C@H]2O[C@@H](C)[C@H](NO[C@@H]3C[C@@H](O)[C@@H](SC)[C@H](C)O3)[C@@H](O)[C@@H]2O[C@H]2C[C@H](OC)[C@@H](NC)CO2)C[C@@H]1O. The summed E-state index contributed by atoms with van der Waals surface area (Å²) in [5.74, 6) is 8.68. The van der Waals surface area contributed by atoms with Gasteiger partial charge in [-0.25, -0.2) is 9.59 Å². The number of carbonyl (C=O) groups excluding carboxylic acids is 4. The monoisotopic (exact) mass is 1300 g/mol. The van der Waals surface area contributed by atoms with E-state index < -0.39 is 134 Å². The predicted molar refractivity (Wildman–Crippen MR) is 321 cm³/mol. The number of anilines is 1. The van der Waals surface area contributed by atoms with Crippen molar-refractivity contribution in [3.63, 3.8) is 0 Å². The summed E-state index contributed by atoms with van der Waals surface area (Å²) in [7, 11) is 12.5. The maximum atomic E-state index is 15.5. The smallest absolute Gasteiger partial charge is 0.411 e. The molecule has 2 amide bonds. The fourth-order valence-electron chi connectivity index (χ4n) is 10.5. The Bertz CT molecular complexity index is 2820. The Morgan fingerprint density at radius 3 is 2.22 bits per heavy atom. The van der Waals surface area contributed by atoms with Gasteiger partial charge in [0, 0.05) is 55.4 Å². The summed E-state index contributed by atoms with van der Waals surface area (Å²) in [6, 6.07) is 1.34. The number of fused-ring (bicyclic) bond motifs is 2. The van der Waals surface area contributed by atoms with E-state index >= 15 is 4.79 Å². The molecule has 7 rings (SSSR count). The van der Waals surface area contributed by atoms with Gasteiger partial charge in [-0.1, -0.05) is 57.9 Å². The van der Waals surface area contributed by atoms with E-state index in [1.54, 1.807) is 27.2 Å². The average molecular weight is 1300 g/mol. The molecule has 4 aliphatic heterocycles. The summed E-state index contributed by atoms with van der Waals surface area (Å²) in [5.41, 5.74) is -0.858. The molecule has 2 bridgehead atoms. The number of hydroxylamine groups is 1. The highest BCUT2D eigenvalue weighted by Crippen LogP contribution is 2.44. The second kappa shape index (κ2) is 32.4. The van der Waals surface area contributed by atoms with E-state index in [0.29, 0.717) is 0 Å². The Morgan fingerprint density at radius 2 is 1.56 bits per heavy atom. The van der Waals surface area contributed by atoms with Crippen LogP contribution in [-0.4, -0.2) is 227 Å². The van der Waals surface area contributed by atoms with E-state index in [4.69, 9.17) is 66.4 Å². The van der Waals surface area contributed by atoms with Gasteiger partial charge in [-0.05, 0) is 62.3 Å². The first-order valence-corrected chi connectivity index (χ1v) is 32.9. The second-order valence-electron chi connectivity index (χ2n) is 20.4. The molecule has 26 nitrogen and oxygen atoms in total. The third kappa shape index (κ3) is 16.7. The highest BCUT2D eigenvalue weighted by molar-refractivity contribution is 9.09. The van der Waals surface area contributed by atoms with Gasteiger partial charge in [-0.3, -0.25) is 19.7 Å². The molecule has 87 heavy (non-hydrogen) atoms. The number of rotatable bonds is 24. The Hall–Kier alpha value is -4.62. The molecule has 0 saturated carbocycles. The summed E-state index contributed by atoms with van der Waals surface area (Å²) < 4.78 is 77.4. The minimum absolute atomic E-state index is 0.0771. The lowest BCUT2D eigenvalue weighted by Crippen LogP contribution is -2.65. The number of Topliss-reactive ketones (excluding diaryl/α,β-unsaturated/α-hetero) is 1. The van der Waals surface area contributed by atoms with Crippen LogP contribution in [0.2, 0.25) is 0 Å². The van der Waals surface area contributed by atoms with Crippen molar-refractivity contribution in [1.82, 2.24) is 16.1 Å². The van der Waals surface area contributed by atoms with Gasteiger partial charge in [0.2, 0.25) is 5.78 Å². The normalized spacial score (nSPS) is 34.9. The lowest BCUT2D eigenvalue weighted by Gasteiger charge is -2.47. The molecule has 19 atom stereocenters. The van der Waals surface area contributed by atoms with Gasteiger partial charge in [0.15, 0.2) is 60.2 Å². The van der Waals surface area contributed by atoms with Gasteiger partial charge in [-0.2, -0.15) is 17.2 Å². The molecule has 0 spiro atoms. The second-order valence-corrected chi connectivity index (χ2v) is 25.8. The fraction of sp³-hybridized carbons (Fsp3) is 0.614. The van der Waals surface area contributed by atoms with Crippen molar-refractivity contribution in [3.05, 3.63) is 65.1 Å². The van der Waals surface area contributed by atoms with E-state index in [1.165, 1.54) is 95.7 Å². The first kappa shape index (κ1) is 69.8. The van der Waals surface area contributed by atoms with Crippen molar-refractivity contribution in [2.75, 3.05) is 72.8 Å². The van der Waals surface area contributed by atoms with Crippen molar-refractivity contribution in [1.29, 1.82) is 0 Å². The summed E-state index contributed by atoms with van der Waals surface area (Å²) >= 11 is 1.47. The molecule has 30 heteroatoms. The molecule has 6 aliphatic rings. The van der Waals surface area contributed by atoms with Crippen molar-refractivity contribution in [3.8, 4) is 35.2 Å². The number of methoxy groups -OCH3 is 5. The van der Waals surface area contributed by atoms with Crippen molar-refractivity contribution in [2.24, 2.45) is 0 Å². The topological polar surface area (TPSA) is 327 Å². The molecule has 1 aromatic rings. The van der Waals surface area contributed by atoms with Crippen LogP contribution in [0.1, 0.15) is 50.4 Å². The third-order valence-corrected chi connectivity index (χ3v) is 20.0. The van der Waals surface area contributed by atoms with E-state index in [9.17, 15) is 34.8 Å². The summed E-state index contributed by atoms with van der Waals surface area (Å²) in [5, 5.41) is 56.5. The number of nitrogens with one attached hydrogen (secondary N) is 4. The van der Waals surface area contributed by atoms with Crippen molar-refractivity contribution in [2.45, 2.75) is 155 Å². The quantitative estimate of drug-likeness (QED) is 0.0140. The first-order valence-electron chi connectivity index (χ1n) is 27.5.